The second-order valence-corrected chi connectivity index (χ2v) is 7.71. The Hall–Kier alpha value is -3.35. The Balaban J connectivity index is 1.39. The van der Waals surface area contributed by atoms with E-state index in [1.54, 1.807) is 23.1 Å². The van der Waals surface area contributed by atoms with E-state index in [1.165, 1.54) is 5.56 Å². The summed E-state index contributed by atoms with van der Waals surface area (Å²) in [5, 5.41) is 5.57. The van der Waals surface area contributed by atoms with Gasteiger partial charge in [0.1, 0.15) is 5.75 Å². The molecule has 0 unspecified atom stereocenters. The Morgan fingerprint density at radius 3 is 2.77 bits per heavy atom. The summed E-state index contributed by atoms with van der Waals surface area (Å²) in [5.74, 6) is -0.365. The van der Waals surface area contributed by atoms with Gasteiger partial charge in [-0.25, -0.2) is 0 Å². The van der Waals surface area contributed by atoms with E-state index in [1.807, 2.05) is 12.1 Å². The van der Waals surface area contributed by atoms with Gasteiger partial charge in [0.15, 0.2) is 6.61 Å². The lowest BCUT2D eigenvalue weighted by atomic mass is 10.1. The average molecular weight is 407 g/mol. The summed E-state index contributed by atoms with van der Waals surface area (Å²) in [6.07, 6.45) is 3.49. The minimum Gasteiger partial charge on any atom is -0.482 e. The van der Waals surface area contributed by atoms with Crippen molar-refractivity contribution in [2.24, 2.45) is 5.92 Å². The maximum Gasteiger partial charge on any atom is 0.262 e. The standard InChI is InChI=1S/C23H25N3O4/c1-2-3-4-15-5-8-18(9-6-15)26-13-16(11-22(26)28)23(29)24-17-7-10-20-19(12-17)25-21(27)14-30-20/h5-10,12,16H,2-4,11,13-14H2,1H3,(H,24,29)(H,25,27)/t16-/m0/s1. The number of unbranched alkanes of at least 4 members (excludes halogenated alkanes) is 1. The van der Waals surface area contributed by atoms with E-state index >= 15 is 0 Å². The molecule has 0 spiro atoms. The molecular weight excluding hydrogens is 382 g/mol. The van der Waals surface area contributed by atoms with Gasteiger partial charge in [0.25, 0.3) is 5.91 Å². The topological polar surface area (TPSA) is 87.7 Å². The van der Waals surface area contributed by atoms with Crippen molar-refractivity contribution in [2.45, 2.75) is 32.6 Å². The van der Waals surface area contributed by atoms with E-state index in [-0.39, 0.29) is 30.7 Å². The maximum absolute atomic E-state index is 12.7. The highest BCUT2D eigenvalue weighted by atomic mass is 16.5. The number of nitrogens with one attached hydrogen (secondary N) is 2. The van der Waals surface area contributed by atoms with Gasteiger partial charge in [0.05, 0.1) is 11.6 Å². The van der Waals surface area contributed by atoms with Crippen molar-refractivity contribution in [3.8, 4) is 5.75 Å². The summed E-state index contributed by atoms with van der Waals surface area (Å²) in [4.78, 5) is 38.4. The molecule has 0 saturated carbocycles. The van der Waals surface area contributed by atoms with E-state index in [0.29, 0.717) is 23.7 Å². The Bertz CT molecular complexity index is 971. The number of hydrogen-bond acceptors (Lipinski definition) is 4. The molecule has 7 nitrogen and oxygen atoms in total. The van der Waals surface area contributed by atoms with Crippen LogP contribution in [0.2, 0.25) is 0 Å². The van der Waals surface area contributed by atoms with E-state index in [2.05, 4.69) is 29.7 Å². The number of rotatable bonds is 6. The van der Waals surface area contributed by atoms with Gasteiger partial charge in [-0.3, -0.25) is 14.4 Å². The number of fused-ring (bicyclic) bond motifs is 1. The fraction of sp³-hybridized carbons (Fsp3) is 0.348. The number of carbonyl (C=O) groups is 3. The first-order valence-corrected chi connectivity index (χ1v) is 10.3. The highest BCUT2D eigenvalue weighted by Crippen LogP contribution is 2.31. The highest BCUT2D eigenvalue weighted by molar-refractivity contribution is 6.04. The summed E-state index contributed by atoms with van der Waals surface area (Å²) in [7, 11) is 0. The van der Waals surface area contributed by atoms with Crippen LogP contribution in [0.15, 0.2) is 42.5 Å². The maximum atomic E-state index is 12.7. The summed E-state index contributed by atoms with van der Waals surface area (Å²) in [5.41, 5.74) is 3.15. The zero-order valence-corrected chi connectivity index (χ0v) is 16.9. The minimum absolute atomic E-state index is 0.0156. The van der Waals surface area contributed by atoms with Crippen LogP contribution in [0.1, 0.15) is 31.7 Å². The number of amides is 3. The summed E-state index contributed by atoms with van der Waals surface area (Å²) in [6, 6.07) is 13.1. The molecule has 0 aromatic heterocycles. The molecule has 2 aliphatic heterocycles. The molecule has 3 amide bonds. The molecule has 2 aliphatic rings. The molecule has 2 N–H and O–H groups in total. The van der Waals surface area contributed by atoms with Gasteiger partial charge in [-0.05, 0) is 48.7 Å². The molecule has 0 radical (unpaired) electrons. The molecule has 1 saturated heterocycles. The Labute approximate surface area is 175 Å². The first kappa shape index (κ1) is 19.9. The third-order valence-corrected chi connectivity index (χ3v) is 5.44. The van der Waals surface area contributed by atoms with Crippen LogP contribution in [-0.4, -0.2) is 30.9 Å². The molecule has 2 aromatic carbocycles. The molecular formula is C23H25N3O4. The van der Waals surface area contributed by atoms with Crippen molar-refractivity contribution in [3.05, 3.63) is 48.0 Å². The van der Waals surface area contributed by atoms with E-state index < -0.39 is 5.92 Å². The van der Waals surface area contributed by atoms with Crippen molar-refractivity contribution in [1.82, 2.24) is 0 Å². The van der Waals surface area contributed by atoms with E-state index in [4.69, 9.17) is 4.74 Å². The molecule has 0 aliphatic carbocycles. The largest absolute Gasteiger partial charge is 0.482 e. The van der Waals surface area contributed by atoms with Crippen LogP contribution in [0.3, 0.4) is 0 Å². The fourth-order valence-electron chi connectivity index (χ4n) is 3.76. The predicted molar refractivity (Wildman–Crippen MR) is 115 cm³/mol. The number of aryl methyl sites for hydroxylation is 1. The molecule has 0 bridgehead atoms. The van der Waals surface area contributed by atoms with Crippen molar-refractivity contribution >= 4 is 34.8 Å². The fourth-order valence-corrected chi connectivity index (χ4v) is 3.76. The van der Waals surface area contributed by atoms with Crippen molar-refractivity contribution in [2.75, 3.05) is 28.7 Å². The second-order valence-electron chi connectivity index (χ2n) is 7.71. The SMILES string of the molecule is CCCCc1ccc(N2C[C@@H](C(=O)Nc3ccc4c(c3)NC(=O)CO4)CC2=O)cc1. The van der Waals surface area contributed by atoms with Crippen LogP contribution in [0.4, 0.5) is 17.1 Å². The molecule has 1 fully saturated rings. The van der Waals surface area contributed by atoms with Crippen LogP contribution in [0, 0.1) is 5.92 Å². The molecule has 2 aromatic rings. The Kier molecular flexibility index (Phi) is 5.70. The molecule has 4 rings (SSSR count). The van der Waals surface area contributed by atoms with Crippen molar-refractivity contribution < 1.29 is 19.1 Å². The van der Waals surface area contributed by atoms with Gasteiger partial charge >= 0.3 is 0 Å². The lowest BCUT2D eigenvalue weighted by Crippen LogP contribution is -2.28. The number of ether oxygens (including phenoxy) is 1. The first-order valence-electron chi connectivity index (χ1n) is 10.3. The summed E-state index contributed by atoms with van der Waals surface area (Å²) in [6.45, 7) is 2.50. The van der Waals surface area contributed by atoms with Crippen LogP contribution in [0.5, 0.6) is 5.75 Å². The molecule has 156 valence electrons. The van der Waals surface area contributed by atoms with Crippen LogP contribution in [-0.2, 0) is 20.8 Å². The van der Waals surface area contributed by atoms with Gasteiger partial charge in [0, 0.05) is 24.3 Å². The second kappa shape index (κ2) is 8.57. The summed E-state index contributed by atoms with van der Waals surface area (Å²) < 4.78 is 5.33. The first-order chi connectivity index (χ1) is 14.5. The van der Waals surface area contributed by atoms with Crippen molar-refractivity contribution in [1.29, 1.82) is 0 Å². The number of carbonyl (C=O) groups excluding carboxylic acids is 3. The normalized spacial score (nSPS) is 17.9. The predicted octanol–water partition coefficient (Wildman–Crippen LogP) is 3.35. The molecule has 30 heavy (non-hydrogen) atoms. The van der Waals surface area contributed by atoms with Gasteiger partial charge in [0.2, 0.25) is 11.8 Å². The highest BCUT2D eigenvalue weighted by Gasteiger charge is 2.35. The van der Waals surface area contributed by atoms with Crippen LogP contribution >= 0.6 is 0 Å². The monoisotopic (exact) mass is 407 g/mol. The number of hydrogen-bond donors (Lipinski definition) is 2. The number of benzene rings is 2. The van der Waals surface area contributed by atoms with Crippen LogP contribution < -0.4 is 20.3 Å². The van der Waals surface area contributed by atoms with Crippen molar-refractivity contribution in [3.63, 3.8) is 0 Å². The molecule has 2 heterocycles. The summed E-state index contributed by atoms with van der Waals surface area (Å²) >= 11 is 0. The van der Waals surface area contributed by atoms with Gasteiger partial charge in [-0.15, -0.1) is 0 Å². The van der Waals surface area contributed by atoms with E-state index in [9.17, 15) is 14.4 Å². The third kappa shape index (κ3) is 4.30. The third-order valence-electron chi connectivity index (χ3n) is 5.44. The van der Waals surface area contributed by atoms with Gasteiger partial charge in [-0.2, -0.15) is 0 Å². The quantitative estimate of drug-likeness (QED) is 0.769. The average Bonchev–Trinajstić information content (AvgIpc) is 3.14. The number of nitrogens with zero attached hydrogens (tertiary/aromatic N) is 1. The Morgan fingerprint density at radius 1 is 1.20 bits per heavy atom. The van der Waals surface area contributed by atoms with E-state index in [0.717, 1.165) is 24.9 Å². The lowest BCUT2D eigenvalue weighted by molar-refractivity contribution is -0.122. The smallest absolute Gasteiger partial charge is 0.262 e. The zero-order chi connectivity index (χ0) is 21.1. The van der Waals surface area contributed by atoms with Crippen LogP contribution in [0.25, 0.3) is 0 Å². The zero-order valence-electron chi connectivity index (χ0n) is 16.9. The van der Waals surface area contributed by atoms with Gasteiger partial charge < -0.3 is 20.3 Å². The molecule has 1 atom stereocenters. The van der Waals surface area contributed by atoms with Gasteiger partial charge in [-0.1, -0.05) is 25.5 Å². The Morgan fingerprint density at radius 2 is 2.00 bits per heavy atom. The minimum atomic E-state index is -0.431. The molecule has 7 heteroatoms. The lowest BCUT2D eigenvalue weighted by Gasteiger charge is -2.19. The number of anilines is 3.